The highest BCUT2D eigenvalue weighted by Gasteiger charge is 2.26. The summed E-state index contributed by atoms with van der Waals surface area (Å²) in [5.74, 6) is 1.92. The molecule has 0 aliphatic carbocycles. The van der Waals surface area contributed by atoms with Crippen molar-refractivity contribution in [1.29, 1.82) is 0 Å². The van der Waals surface area contributed by atoms with Crippen molar-refractivity contribution >= 4 is 0 Å². The molecular weight excluding hydrogens is 404 g/mol. The monoisotopic (exact) mass is 452 g/mol. The molecular formula is C31H48O2. The molecule has 0 heterocycles. The van der Waals surface area contributed by atoms with Gasteiger partial charge in [0.1, 0.15) is 11.5 Å². The van der Waals surface area contributed by atoms with Gasteiger partial charge in [0.25, 0.3) is 0 Å². The van der Waals surface area contributed by atoms with Crippen LogP contribution in [0.1, 0.15) is 105 Å². The van der Waals surface area contributed by atoms with Crippen LogP contribution in [0, 0.1) is 10.8 Å². The first-order chi connectivity index (χ1) is 15.7. The second-order valence-corrected chi connectivity index (χ2v) is 10.7. The third-order valence-electron chi connectivity index (χ3n) is 8.24. The SMILES string of the molecule is CCCC(C)(CC)COc1ccc(C(C)(C)c2ccc(OCC(CC)(CC)CC)cc2)cc1. The Balaban J connectivity index is 2.05. The van der Waals surface area contributed by atoms with Crippen molar-refractivity contribution in [2.45, 2.75) is 99.3 Å². The maximum absolute atomic E-state index is 6.20. The van der Waals surface area contributed by atoms with E-state index < -0.39 is 0 Å². The van der Waals surface area contributed by atoms with Crippen molar-refractivity contribution in [3.05, 3.63) is 59.7 Å². The largest absolute Gasteiger partial charge is 0.493 e. The van der Waals surface area contributed by atoms with Crippen LogP contribution in [0.5, 0.6) is 11.5 Å². The van der Waals surface area contributed by atoms with Crippen molar-refractivity contribution in [3.63, 3.8) is 0 Å². The summed E-state index contributed by atoms with van der Waals surface area (Å²) >= 11 is 0. The van der Waals surface area contributed by atoms with Crippen molar-refractivity contribution in [1.82, 2.24) is 0 Å². The summed E-state index contributed by atoms with van der Waals surface area (Å²) in [6.45, 7) is 19.8. The van der Waals surface area contributed by atoms with Gasteiger partial charge in [0, 0.05) is 16.2 Å². The Morgan fingerprint density at radius 2 is 1.00 bits per heavy atom. The van der Waals surface area contributed by atoms with Crippen molar-refractivity contribution in [2.75, 3.05) is 13.2 Å². The summed E-state index contributed by atoms with van der Waals surface area (Å²) in [6.07, 6.45) is 7.00. The average Bonchev–Trinajstić information content (AvgIpc) is 2.85. The molecule has 2 aromatic carbocycles. The van der Waals surface area contributed by atoms with E-state index in [2.05, 4.69) is 104 Å². The first-order valence-corrected chi connectivity index (χ1v) is 13.1. The lowest BCUT2D eigenvalue weighted by atomic mass is 9.78. The Morgan fingerprint density at radius 3 is 1.36 bits per heavy atom. The van der Waals surface area contributed by atoms with Gasteiger partial charge in [-0.25, -0.2) is 0 Å². The van der Waals surface area contributed by atoms with E-state index in [0.717, 1.165) is 50.4 Å². The molecule has 0 aliphatic rings. The highest BCUT2D eigenvalue weighted by atomic mass is 16.5. The number of hydrogen-bond acceptors (Lipinski definition) is 2. The van der Waals surface area contributed by atoms with Gasteiger partial charge in [-0.3, -0.25) is 0 Å². The number of ether oxygens (including phenoxy) is 2. The van der Waals surface area contributed by atoms with E-state index in [1.165, 1.54) is 24.0 Å². The zero-order valence-electron chi connectivity index (χ0n) is 22.6. The Morgan fingerprint density at radius 1 is 0.576 bits per heavy atom. The molecule has 184 valence electrons. The molecule has 0 spiro atoms. The standard InChI is InChI=1S/C31H48O2/c1-9-22-30(8,10-2)23-32-27-18-14-25(15-19-27)29(6,7)26-16-20-28(21-17-26)33-24-31(11-3,12-4)13-5/h14-21H,9-13,22-24H2,1-8H3. The van der Waals surface area contributed by atoms with Gasteiger partial charge in [0.15, 0.2) is 0 Å². The van der Waals surface area contributed by atoms with E-state index >= 15 is 0 Å². The van der Waals surface area contributed by atoms with Crippen molar-refractivity contribution in [3.8, 4) is 11.5 Å². The fraction of sp³-hybridized carbons (Fsp3) is 0.613. The molecule has 2 heteroatoms. The predicted molar refractivity (Wildman–Crippen MR) is 143 cm³/mol. The summed E-state index contributed by atoms with van der Waals surface area (Å²) in [5.41, 5.74) is 3.03. The van der Waals surface area contributed by atoms with E-state index in [-0.39, 0.29) is 16.2 Å². The van der Waals surface area contributed by atoms with Crippen LogP contribution in [0.25, 0.3) is 0 Å². The van der Waals surface area contributed by atoms with Crippen LogP contribution < -0.4 is 9.47 Å². The zero-order chi connectivity index (χ0) is 24.5. The predicted octanol–water partition coefficient (Wildman–Crippen LogP) is 9.20. The third kappa shape index (κ3) is 7.01. The van der Waals surface area contributed by atoms with Crippen LogP contribution in [-0.4, -0.2) is 13.2 Å². The number of hydrogen-bond donors (Lipinski definition) is 0. The van der Waals surface area contributed by atoms with E-state index in [9.17, 15) is 0 Å². The van der Waals surface area contributed by atoms with Gasteiger partial charge in [-0.2, -0.15) is 0 Å². The Labute approximate surface area is 204 Å². The Bertz CT molecular complexity index is 807. The lowest BCUT2D eigenvalue weighted by molar-refractivity contribution is 0.128. The molecule has 0 fully saturated rings. The van der Waals surface area contributed by atoms with Gasteiger partial charge >= 0.3 is 0 Å². The van der Waals surface area contributed by atoms with Gasteiger partial charge in [-0.15, -0.1) is 0 Å². The maximum Gasteiger partial charge on any atom is 0.119 e. The number of rotatable bonds is 14. The van der Waals surface area contributed by atoms with Crippen LogP contribution in [0.3, 0.4) is 0 Å². The van der Waals surface area contributed by atoms with Gasteiger partial charge < -0.3 is 9.47 Å². The minimum absolute atomic E-state index is 0.0861. The summed E-state index contributed by atoms with van der Waals surface area (Å²) < 4.78 is 12.4. The minimum atomic E-state index is -0.0861. The highest BCUT2D eigenvalue weighted by Crippen LogP contribution is 2.35. The van der Waals surface area contributed by atoms with Gasteiger partial charge in [-0.1, -0.05) is 86.1 Å². The van der Waals surface area contributed by atoms with Crippen molar-refractivity contribution in [2.24, 2.45) is 10.8 Å². The molecule has 33 heavy (non-hydrogen) atoms. The van der Waals surface area contributed by atoms with E-state index in [4.69, 9.17) is 9.47 Å². The molecule has 0 saturated heterocycles. The fourth-order valence-corrected chi connectivity index (χ4v) is 4.61. The van der Waals surface area contributed by atoms with E-state index in [1.54, 1.807) is 0 Å². The smallest absolute Gasteiger partial charge is 0.119 e. The maximum atomic E-state index is 6.20. The topological polar surface area (TPSA) is 18.5 Å². The van der Waals surface area contributed by atoms with Crippen LogP contribution in [0.2, 0.25) is 0 Å². The molecule has 0 saturated carbocycles. The first-order valence-electron chi connectivity index (χ1n) is 13.1. The average molecular weight is 453 g/mol. The summed E-state index contributed by atoms with van der Waals surface area (Å²) in [5, 5.41) is 0. The van der Waals surface area contributed by atoms with E-state index in [0.29, 0.717) is 0 Å². The normalized spacial score (nSPS) is 14.1. The molecule has 2 aromatic rings. The summed E-state index contributed by atoms with van der Waals surface area (Å²) in [7, 11) is 0. The summed E-state index contributed by atoms with van der Waals surface area (Å²) in [4.78, 5) is 0. The van der Waals surface area contributed by atoms with Gasteiger partial charge in [0.05, 0.1) is 13.2 Å². The van der Waals surface area contributed by atoms with Crippen molar-refractivity contribution < 1.29 is 9.47 Å². The number of benzene rings is 2. The van der Waals surface area contributed by atoms with Crippen LogP contribution in [0.4, 0.5) is 0 Å². The molecule has 2 rings (SSSR count). The third-order valence-corrected chi connectivity index (χ3v) is 8.24. The Kier molecular flexibility index (Phi) is 9.88. The molecule has 0 aliphatic heterocycles. The molecule has 0 bridgehead atoms. The molecule has 0 aromatic heterocycles. The molecule has 0 radical (unpaired) electrons. The zero-order valence-corrected chi connectivity index (χ0v) is 22.6. The van der Waals surface area contributed by atoms with Crippen LogP contribution in [0.15, 0.2) is 48.5 Å². The molecule has 2 nitrogen and oxygen atoms in total. The first kappa shape index (κ1) is 27.3. The molecule has 1 unspecified atom stereocenters. The van der Waals surface area contributed by atoms with Gasteiger partial charge in [-0.05, 0) is 67.5 Å². The quantitative estimate of drug-likeness (QED) is 0.284. The molecule has 0 amide bonds. The highest BCUT2D eigenvalue weighted by molar-refractivity contribution is 5.41. The molecule has 1 atom stereocenters. The van der Waals surface area contributed by atoms with Crippen LogP contribution in [-0.2, 0) is 5.41 Å². The van der Waals surface area contributed by atoms with E-state index in [1.807, 2.05) is 0 Å². The lowest BCUT2D eigenvalue weighted by Gasteiger charge is -2.30. The lowest BCUT2D eigenvalue weighted by Crippen LogP contribution is -2.26. The molecule has 0 N–H and O–H groups in total. The second kappa shape index (κ2) is 12.0. The second-order valence-electron chi connectivity index (χ2n) is 10.7. The Hall–Kier alpha value is -1.96. The van der Waals surface area contributed by atoms with Crippen LogP contribution >= 0.6 is 0 Å². The minimum Gasteiger partial charge on any atom is -0.493 e. The van der Waals surface area contributed by atoms with Gasteiger partial charge in [0.2, 0.25) is 0 Å². The summed E-state index contributed by atoms with van der Waals surface area (Å²) in [6, 6.07) is 17.3. The fourth-order valence-electron chi connectivity index (χ4n) is 4.61.